The molecule has 5 heteroatoms. The molecule has 5 nitrogen and oxygen atoms in total. The highest BCUT2D eigenvalue weighted by Crippen LogP contribution is 2.11. The van der Waals surface area contributed by atoms with Gasteiger partial charge in [0.05, 0.1) is 11.3 Å². The van der Waals surface area contributed by atoms with Gasteiger partial charge >= 0.3 is 5.97 Å². The van der Waals surface area contributed by atoms with Crippen LogP contribution in [0.25, 0.3) is 0 Å². The lowest BCUT2D eigenvalue weighted by atomic mass is 10.1. The van der Waals surface area contributed by atoms with Crippen LogP contribution in [0.2, 0.25) is 0 Å². The van der Waals surface area contributed by atoms with Crippen molar-refractivity contribution in [2.24, 2.45) is 0 Å². The molecule has 2 aromatic rings. The van der Waals surface area contributed by atoms with Crippen LogP contribution < -0.4 is 0 Å². The Hall–Kier alpha value is -2.27. The van der Waals surface area contributed by atoms with Gasteiger partial charge in [0.25, 0.3) is 0 Å². The van der Waals surface area contributed by atoms with Crippen molar-refractivity contribution < 1.29 is 9.90 Å². The highest BCUT2D eigenvalue weighted by atomic mass is 16.4. The lowest BCUT2D eigenvalue weighted by Crippen LogP contribution is -2.30. The molecular formula is C16H19N3O2. The van der Waals surface area contributed by atoms with E-state index < -0.39 is 5.97 Å². The van der Waals surface area contributed by atoms with Gasteiger partial charge in [0.1, 0.15) is 0 Å². The Kier molecular flexibility index (Phi) is 5.00. The minimum absolute atomic E-state index is 0.314. The molecule has 1 aromatic heterocycles. The van der Waals surface area contributed by atoms with Crippen molar-refractivity contribution in [1.82, 2.24) is 14.9 Å². The molecule has 0 saturated carbocycles. The van der Waals surface area contributed by atoms with E-state index in [2.05, 4.69) is 21.8 Å². The second kappa shape index (κ2) is 6.95. The third-order valence-corrected chi connectivity index (χ3v) is 3.51. The maximum atomic E-state index is 10.8. The largest absolute Gasteiger partial charge is 0.478 e. The fourth-order valence-electron chi connectivity index (χ4n) is 2.09. The minimum atomic E-state index is -0.897. The second-order valence-electron chi connectivity index (χ2n) is 5.17. The van der Waals surface area contributed by atoms with E-state index in [9.17, 15) is 4.79 Å². The van der Waals surface area contributed by atoms with Gasteiger partial charge in [-0.25, -0.2) is 4.79 Å². The summed E-state index contributed by atoms with van der Waals surface area (Å²) in [4.78, 5) is 21.4. The van der Waals surface area contributed by atoms with E-state index in [1.165, 1.54) is 0 Å². The van der Waals surface area contributed by atoms with Crippen molar-refractivity contribution in [3.63, 3.8) is 0 Å². The zero-order chi connectivity index (χ0) is 15.2. The zero-order valence-corrected chi connectivity index (χ0v) is 12.2. The van der Waals surface area contributed by atoms with Crippen molar-refractivity contribution in [3.8, 4) is 0 Å². The molecule has 110 valence electrons. The molecule has 0 saturated heterocycles. The van der Waals surface area contributed by atoms with Crippen LogP contribution in [-0.2, 0) is 13.0 Å². The third kappa shape index (κ3) is 4.36. The molecule has 1 aromatic carbocycles. The van der Waals surface area contributed by atoms with Crippen LogP contribution in [0.15, 0.2) is 42.9 Å². The standard InChI is InChI=1S/C16H19N3O2/c1-12(9-15-10-17-7-8-18-15)19(2)11-13-3-5-14(6-4-13)16(20)21/h3-8,10,12H,9,11H2,1-2H3,(H,20,21). The molecule has 0 aliphatic heterocycles. The van der Waals surface area contributed by atoms with Gasteiger partial charge in [-0.1, -0.05) is 12.1 Å². The Morgan fingerprint density at radius 3 is 2.57 bits per heavy atom. The first-order chi connectivity index (χ1) is 10.1. The first kappa shape index (κ1) is 15.1. The molecule has 1 heterocycles. The quantitative estimate of drug-likeness (QED) is 0.881. The molecule has 1 atom stereocenters. The van der Waals surface area contributed by atoms with E-state index in [4.69, 9.17) is 5.11 Å². The van der Waals surface area contributed by atoms with Gasteiger partial charge in [-0.3, -0.25) is 14.9 Å². The number of aromatic nitrogens is 2. The number of likely N-dealkylation sites (N-methyl/N-ethyl adjacent to an activating group) is 1. The molecule has 0 fully saturated rings. The maximum absolute atomic E-state index is 10.8. The molecule has 0 spiro atoms. The van der Waals surface area contributed by atoms with Crippen molar-refractivity contribution in [2.45, 2.75) is 25.9 Å². The third-order valence-electron chi connectivity index (χ3n) is 3.51. The lowest BCUT2D eigenvalue weighted by molar-refractivity contribution is 0.0697. The van der Waals surface area contributed by atoms with E-state index >= 15 is 0 Å². The van der Waals surface area contributed by atoms with E-state index in [0.717, 1.165) is 24.2 Å². The summed E-state index contributed by atoms with van der Waals surface area (Å²) in [7, 11) is 2.05. The molecule has 0 bridgehead atoms. The smallest absolute Gasteiger partial charge is 0.335 e. The van der Waals surface area contributed by atoms with Gasteiger partial charge < -0.3 is 5.11 Å². The zero-order valence-electron chi connectivity index (χ0n) is 12.2. The Morgan fingerprint density at radius 1 is 1.29 bits per heavy atom. The summed E-state index contributed by atoms with van der Waals surface area (Å²) in [5, 5.41) is 8.89. The monoisotopic (exact) mass is 285 g/mol. The topological polar surface area (TPSA) is 66.3 Å². The average Bonchev–Trinajstić information content (AvgIpc) is 2.48. The molecule has 0 aliphatic rings. The number of rotatable bonds is 6. The van der Waals surface area contributed by atoms with Gasteiger partial charge in [0.15, 0.2) is 0 Å². The molecule has 0 aliphatic carbocycles. The van der Waals surface area contributed by atoms with Gasteiger partial charge in [-0.05, 0) is 31.7 Å². The van der Waals surface area contributed by atoms with E-state index in [1.807, 2.05) is 19.2 Å². The summed E-state index contributed by atoms with van der Waals surface area (Å²) >= 11 is 0. The van der Waals surface area contributed by atoms with Gasteiger partial charge in [-0.15, -0.1) is 0 Å². The Labute approximate surface area is 124 Å². The van der Waals surface area contributed by atoms with E-state index in [0.29, 0.717) is 11.6 Å². The maximum Gasteiger partial charge on any atom is 0.335 e. The Balaban J connectivity index is 1.94. The van der Waals surface area contributed by atoms with Crippen molar-refractivity contribution in [3.05, 3.63) is 59.7 Å². The van der Waals surface area contributed by atoms with Crippen LogP contribution in [-0.4, -0.2) is 39.0 Å². The van der Waals surface area contributed by atoms with Crippen molar-refractivity contribution in [1.29, 1.82) is 0 Å². The van der Waals surface area contributed by atoms with Crippen LogP contribution in [0.3, 0.4) is 0 Å². The van der Waals surface area contributed by atoms with Crippen molar-refractivity contribution in [2.75, 3.05) is 7.05 Å². The van der Waals surface area contributed by atoms with Gasteiger partial charge in [0, 0.05) is 37.6 Å². The summed E-state index contributed by atoms with van der Waals surface area (Å²) in [5.74, 6) is -0.897. The number of carboxylic acid groups (broad SMARTS) is 1. The minimum Gasteiger partial charge on any atom is -0.478 e. The molecule has 1 N–H and O–H groups in total. The number of hydrogen-bond donors (Lipinski definition) is 1. The fraction of sp³-hybridized carbons (Fsp3) is 0.312. The first-order valence-electron chi connectivity index (χ1n) is 6.83. The predicted octanol–water partition coefficient (Wildman–Crippen LogP) is 2.24. The number of carbonyl (C=O) groups is 1. The normalized spacial score (nSPS) is 12.3. The van der Waals surface area contributed by atoms with E-state index in [-0.39, 0.29) is 0 Å². The lowest BCUT2D eigenvalue weighted by Gasteiger charge is -2.24. The number of carboxylic acids is 1. The van der Waals surface area contributed by atoms with Gasteiger partial charge in [0.2, 0.25) is 0 Å². The SMILES string of the molecule is CC(Cc1cnccn1)N(C)Cc1ccc(C(=O)O)cc1. The summed E-state index contributed by atoms with van der Waals surface area (Å²) in [5.41, 5.74) is 2.38. The van der Waals surface area contributed by atoms with Crippen LogP contribution in [0.1, 0.15) is 28.5 Å². The first-order valence-corrected chi connectivity index (χ1v) is 6.83. The number of nitrogens with zero attached hydrogens (tertiary/aromatic N) is 3. The molecule has 0 amide bonds. The average molecular weight is 285 g/mol. The fourth-order valence-corrected chi connectivity index (χ4v) is 2.09. The summed E-state index contributed by atoms with van der Waals surface area (Å²) < 4.78 is 0. The summed E-state index contributed by atoms with van der Waals surface area (Å²) in [6.07, 6.45) is 5.98. The molecule has 21 heavy (non-hydrogen) atoms. The second-order valence-corrected chi connectivity index (χ2v) is 5.17. The summed E-state index contributed by atoms with van der Waals surface area (Å²) in [6.45, 7) is 2.90. The van der Waals surface area contributed by atoms with Crippen LogP contribution in [0.5, 0.6) is 0 Å². The molecular weight excluding hydrogens is 266 g/mol. The number of benzene rings is 1. The number of aromatic carboxylic acids is 1. The molecule has 2 rings (SSSR count). The number of hydrogen-bond acceptors (Lipinski definition) is 4. The van der Waals surface area contributed by atoms with Crippen molar-refractivity contribution >= 4 is 5.97 Å². The van der Waals surface area contributed by atoms with Crippen LogP contribution in [0, 0.1) is 0 Å². The van der Waals surface area contributed by atoms with Crippen LogP contribution >= 0.6 is 0 Å². The summed E-state index contributed by atoms with van der Waals surface area (Å²) in [6, 6.07) is 7.31. The highest BCUT2D eigenvalue weighted by Gasteiger charge is 2.11. The Morgan fingerprint density at radius 2 is 2.00 bits per heavy atom. The molecule has 0 radical (unpaired) electrons. The van der Waals surface area contributed by atoms with Crippen LogP contribution in [0.4, 0.5) is 0 Å². The molecule has 1 unspecified atom stereocenters. The van der Waals surface area contributed by atoms with E-state index in [1.54, 1.807) is 30.7 Å². The Bertz CT molecular complexity index is 584. The van der Waals surface area contributed by atoms with Gasteiger partial charge in [-0.2, -0.15) is 0 Å². The highest BCUT2D eigenvalue weighted by molar-refractivity contribution is 5.87. The predicted molar refractivity (Wildman–Crippen MR) is 80.1 cm³/mol.